The Hall–Kier alpha value is -2.72. The molecule has 0 aliphatic heterocycles. The zero-order valence-electron chi connectivity index (χ0n) is 12.8. The van der Waals surface area contributed by atoms with Crippen molar-refractivity contribution in [2.24, 2.45) is 0 Å². The zero-order valence-corrected chi connectivity index (χ0v) is 13.6. The highest BCUT2D eigenvalue weighted by Gasteiger charge is 2.20. The number of para-hydroxylation sites is 1. The van der Waals surface area contributed by atoms with Gasteiger partial charge in [-0.1, -0.05) is 46.6 Å². The topological polar surface area (TPSA) is 13.2 Å². The third-order valence-corrected chi connectivity index (χ3v) is 4.28. The molecule has 4 rings (SSSR count). The average molecular weight is 318 g/mol. The molecule has 0 radical (unpaired) electrons. The van der Waals surface area contributed by atoms with Crippen molar-refractivity contribution in [3.8, 4) is 11.4 Å². The number of hydrogen-bond acceptors (Lipinski definition) is 1. The number of nitrogens with zero attached hydrogens (tertiary/aromatic N) is 3. The Morgan fingerprint density at radius 2 is 1.52 bits per heavy atom. The van der Waals surface area contributed by atoms with Crippen LogP contribution in [0.2, 0.25) is 0 Å². The van der Waals surface area contributed by atoms with Crippen LogP contribution in [0.1, 0.15) is 5.56 Å². The summed E-state index contributed by atoms with van der Waals surface area (Å²) in [4.78, 5) is 0. The van der Waals surface area contributed by atoms with Gasteiger partial charge in [0.15, 0.2) is 0 Å². The second kappa shape index (κ2) is 5.48. The van der Waals surface area contributed by atoms with Crippen molar-refractivity contribution in [3.05, 3.63) is 89.3 Å². The summed E-state index contributed by atoms with van der Waals surface area (Å²) in [6.45, 7) is 2.09. The van der Waals surface area contributed by atoms with Crippen LogP contribution in [0, 0.1) is 11.7 Å². The SMILES string of the molecule is Cc1ccc(-n2c(=S)[n+](-c3ccccc3)c3ccccn32)cc1. The van der Waals surface area contributed by atoms with Gasteiger partial charge in [-0.2, -0.15) is 4.57 Å². The van der Waals surface area contributed by atoms with Gasteiger partial charge in [-0.15, -0.1) is 4.52 Å². The summed E-state index contributed by atoms with van der Waals surface area (Å²) in [6.07, 6.45) is 2.03. The molecule has 0 aliphatic rings. The van der Waals surface area contributed by atoms with Gasteiger partial charge in [0.1, 0.15) is 17.6 Å². The van der Waals surface area contributed by atoms with Crippen LogP contribution in [0.3, 0.4) is 0 Å². The van der Waals surface area contributed by atoms with E-state index in [9.17, 15) is 0 Å². The van der Waals surface area contributed by atoms with Crippen LogP contribution in [-0.4, -0.2) is 9.20 Å². The lowest BCUT2D eigenvalue weighted by molar-refractivity contribution is -0.576. The van der Waals surface area contributed by atoms with E-state index in [4.69, 9.17) is 12.2 Å². The van der Waals surface area contributed by atoms with Crippen molar-refractivity contribution in [2.75, 3.05) is 0 Å². The van der Waals surface area contributed by atoms with Crippen molar-refractivity contribution in [1.82, 2.24) is 9.20 Å². The minimum absolute atomic E-state index is 0.742. The van der Waals surface area contributed by atoms with E-state index >= 15 is 0 Å². The van der Waals surface area contributed by atoms with Crippen LogP contribution >= 0.6 is 12.2 Å². The first-order chi connectivity index (χ1) is 11.3. The Morgan fingerprint density at radius 1 is 0.826 bits per heavy atom. The Bertz CT molecular complexity index is 1030. The number of hydrogen-bond donors (Lipinski definition) is 0. The zero-order chi connectivity index (χ0) is 15.8. The molecule has 0 unspecified atom stereocenters. The maximum atomic E-state index is 5.79. The number of benzene rings is 2. The molecule has 2 heterocycles. The Morgan fingerprint density at radius 3 is 2.26 bits per heavy atom. The molecule has 0 bridgehead atoms. The quantitative estimate of drug-likeness (QED) is 0.401. The van der Waals surface area contributed by atoms with Gasteiger partial charge in [0, 0.05) is 6.07 Å². The highest BCUT2D eigenvalue weighted by atomic mass is 32.1. The van der Waals surface area contributed by atoms with Gasteiger partial charge >= 0.3 is 4.77 Å². The number of fused-ring (bicyclic) bond motifs is 1. The number of rotatable bonds is 2. The maximum Gasteiger partial charge on any atom is 0.336 e. The van der Waals surface area contributed by atoms with Crippen molar-refractivity contribution in [2.45, 2.75) is 6.92 Å². The summed E-state index contributed by atoms with van der Waals surface area (Å²) < 4.78 is 6.97. The first kappa shape index (κ1) is 13.9. The van der Waals surface area contributed by atoms with Crippen molar-refractivity contribution in [3.63, 3.8) is 0 Å². The number of aryl methyl sites for hydroxylation is 1. The molecule has 4 aromatic rings. The highest BCUT2D eigenvalue weighted by molar-refractivity contribution is 7.71. The molecule has 112 valence electrons. The third kappa shape index (κ3) is 2.28. The van der Waals surface area contributed by atoms with E-state index in [1.165, 1.54) is 5.56 Å². The minimum atomic E-state index is 0.742. The van der Waals surface area contributed by atoms with Crippen LogP contribution in [0.15, 0.2) is 79.0 Å². The van der Waals surface area contributed by atoms with E-state index in [1.807, 2.05) is 36.5 Å². The summed E-state index contributed by atoms with van der Waals surface area (Å²) in [6, 6.07) is 24.7. The Labute approximate surface area is 139 Å². The molecule has 2 aromatic heterocycles. The van der Waals surface area contributed by atoms with Gasteiger partial charge in [-0.3, -0.25) is 0 Å². The van der Waals surface area contributed by atoms with Gasteiger partial charge < -0.3 is 0 Å². The molecule has 2 aromatic carbocycles. The van der Waals surface area contributed by atoms with Gasteiger partial charge in [0.25, 0.3) is 5.65 Å². The molecule has 0 saturated carbocycles. The molecule has 23 heavy (non-hydrogen) atoms. The lowest BCUT2D eigenvalue weighted by atomic mass is 10.2. The second-order valence-corrected chi connectivity index (χ2v) is 5.87. The lowest BCUT2D eigenvalue weighted by Gasteiger charge is -1.98. The largest absolute Gasteiger partial charge is 0.336 e. The maximum absolute atomic E-state index is 5.79. The normalized spacial score (nSPS) is 11.0. The second-order valence-electron chi connectivity index (χ2n) is 5.50. The van der Waals surface area contributed by atoms with Crippen molar-refractivity contribution < 1.29 is 4.57 Å². The van der Waals surface area contributed by atoms with Crippen molar-refractivity contribution in [1.29, 1.82) is 0 Å². The predicted octanol–water partition coefficient (Wildman–Crippen LogP) is 4.04. The number of aromatic nitrogens is 3. The van der Waals surface area contributed by atoms with Crippen LogP contribution in [0.4, 0.5) is 0 Å². The molecule has 0 atom stereocenters. The van der Waals surface area contributed by atoms with E-state index in [-0.39, 0.29) is 0 Å². The standard InChI is InChI=1S/C19H16N3S/c1-15-10-12-17(13-11-15)22-19(23)21(16-7-3-2-4-8-16)18-9-5-6-14-20(18)22/h2-14H,1H3/q+1. The molecule has 4 heteroatoms. The van der Waals surface area contributed by atoms with Crippen molar-refractivity contribution >= 4 is 17.9 Å². The van der Waals surface area contributed by atoms with E-state index in [2.05, 4.69) is 63.2 Å². The molecule has 0 saturated heterocycles. The highest BCUT2D eigenvalue weighted by Crippen LogP contribution is 2.13. The van der Waals surface area contributed by atoms with Gasteiger partial charge in [-0.25, -0.2) is 0 Å². The number of pyridine rings is 1. The van der Waals surface area contributed by atoms with E-state index in [1.54, 1.807) is 0 Å². The van der Waals surface area contributed by atoms with Gasteiger partial charge in [0.05, 0.1) is 0 Å². The molecule has 0 N–H and O–H groups in total. The molecule has 0 spiro atoms. The summed E-state index contributed by atoms with van der Waals surface area (Å²) in [5.41, 5.74) is 4.38. The van der Waals surface area contributed by atoms with E-state index in [0.717, 1.165) is 21.8 Å². The van der Waals surface area contributed by atoms with Gasteiger partial charge in [0.2, 0.25) is 0 Å². The molecule has 3 nitrogen and oxygen atoms in total. The fourth-order valence-corrected chi connectivity index (χ4v) is 3.19. The first-order valence-corrected chi connectivity index (χ1v) is 7.93. The lowest BCUT2D eigenvalue weighted by Crippen LogP contribution is -2.31. The van der Waals surface area contributed by atoms with Crippen LogP contribution in [0.25, 0.3) is 17.0 Å². The minimum Gasteiger partial charge on any atom is -0.183 e. The predicted molar refractivity (Wildman–Crippen MR) is 93.8 cm³/mol. The van der Waals surface area contributed by atoms with E-state index in [0.29, 0.717) is 0 Å². The Kier molecular flexibility index (Phi) is 3.32. The molecule has 0 amide bonds. The Balaban J connectivity index is 2.09. The fourth-order valence-electron chi connectivity index (χ4n) is 2.80. The first-order valence-electron chi connectivity index (χ1n) is 7.52. The molecular formula is C19H16N3S+. The molecule has 0 aliphatic carbocycles. The summed E-state index contributed by atoms with van der Waals surface area (Å²) in [5.74, 6) is 0. The molecule has 0 fully saturated rings. The van der Waals surface area contributed by atoms with Gasteiger partial charge in [-0.05, 0) is 49.5 Å². The monoisotopic (exact) mass is 318 g/mol. The summed E-state index contributed by atoms with van der Waals surface area (Å²) in [5, 5.41) is 0. The van der Waals surface area contributed by atoms with Crippen LogP contribution in [-0.2, 0) is 0 Å². The summed E-state index contributed by atoms with van der Waals surface area (Å²) in [7, 11) is 0. The fraction of sp³-hybridized carbons (Fsp3) is 0.0526. The summed E-state index contributed by atoms with van der Waals surface area (Å²) >= 11 is 5.79. The average Bonchev–Trinajstić information content (AvgIpc) is 2.88. The molecular weight excluding hydrogens is 302 g/mol. The van der Waals surface area contributed by atoms with Crippen LogP contribution < -0.4 is 4.57 Å². The van der Waals surface area contributed by atoms with Crippen LogP contribution in [0.5, 0.6) is 0 Å². The van der Waals surface area contributed by atoms with E-state index < -0.39 is 0 Å². The third-order valence-electron chi connectivity index (χ3n) is 3.93. The smallest absolute Gasteiger partial charge is 0.183 e.